The molecule has 3 amide bonds. The molecule has 252 valence electrons. The molecule has 13 heteroatoms. The molecule has 2 atom stereocenters. The molecule has 0 saturated heterocycles. The molecule has 0 aliphatic rings. The summed E-state index contributed by atoms with van der Waals surface area (Å²) in [4.78, 5) is 64.6. The first-order chi connectivity index (χ1) is 23.0. The Kier molecular flexibility index (Phi) is 12.7. The smallest absolute Gasteiger partial charge is 0.408 e. The number of thioether (sulfide) groups is 1. The molecule has 0 spiro atoms. The largest absolute Gasteiger partial charge is 0.464 e. The number of aromatic amines is 1. The van der Waals surface area contributed by atoms with E-state index in [2.05, 4.69) is 30.9 Å². The fraction of sp³-hybridized carbons (Fsp3) is 0.314. The van der Waals surface area contributed by atoms with Crippen molar-refractivity contribution in [1.29, 1.82) is 0 Å². The number of imidazole rings is 1. The summed E-state index contributed by atoms with van der Waals surface area (Å²) < 4.78 is 10.3. The number of aromatic nitrogens is 3. The highest BCUT2D eigenvalue weighted by Gasteiger charge is 2.29. The van der Waals surface area contributed by atoms with Gasteiger partial charge >= 0.3 is 12.1 Å². The summed E-state index contributed by atoms with van der Waals surface area (Å²) in [5.74, 6) is -1.20. The predicted octanol–water partition coefficient (Wildman–Crippen LogP) is 4.36. The minimum Gasteiger partial charge on any atom is -0.464 e. The lowest BCUT2D eigenvalue weighted by molar-refractivity contribution is -0.130. The molecule has 12 nitrogen and oxygen atoms in total. The van der Waals surface area contributed by atoms with Gasteiger partial charge in [0.05, 0.1) is 25.0 Å². The molecule has 48 heavy (non-hydrogen) atoms. The number of methoxy groups -OCH3 is 1. The molecular formula is C35H40N6O6S. The number of pyridine rings is 1. The van der Waals surface area contributed by atoms with Gasteiger partial charge in [-0.05, 0) is 44.0 Å². The van der Waals surface area contributed by atoms with Gasteiger partial charge < -0.3 is 30.4 Å². The van der Waals surface area contributed by atoms with Crippen LogP contribution in [0, 0.1) is 0 Å². The Morgan fingerprint density at radius 3 is 2.00 bits per heavy atom. The number of alkyl carbamates (subject to hydrolysis) is 1. The van der Waals surface area contributed by atoms with Crippen molar-refractivity contribution in [3.63, 3.8) is 0 Å². The molecule has 0 bridgehead atoms. The van der Waals surface area contributed by atoms with Crippen LogP contribution in [0.15, 0.2) is 90.2 Å². The molecule has 4 rings (SSSR count). The summed E-state index contributed by atoms with van der Waals surface area (Å²) in [6.07, 6.45) is 1.27. The second-order valence-electron chi connectivity index (χ2n) is 11.8. The minimum atomic E-state index is -1.04. The van der Waals surface area contributed by atoms with Gasteiger partial charge in [-0.25, -0.2) is 14.6 Å². The van der Waals surface area contributed by atoms with E-state index in [1.807, 2.05) is 78.9 Å². The number of amides is 3. The molecule has 0 aliphatic carbocycles. The fourth-order valence-corrected chi connectivity index (χ4v) is 5.42. The Morgan fingerprint density at radius 1 is 0.833 bits per heavy atom. The summed E-state index contributed by atoms with van der Waals surface area (Å²) in [6, 6.07) is 22.0. The molecule has 2 aromatic heterocycles. The molecule has 4 N–H and O–H groups in total. The van der Waals surface area contributed by atoms with E-state index in [1.165, 1.54) is 18.9 Å². The highest BCUT2D eigenvalue weighted by atomic mass is 32.2. The molecule has 0 fully saturated rings. The van der Waals surface area contributed by atoms with Crippen LogP contribution in [-0.2, 0) is 44.2 Å². The zero-order chi connectivity index (χ0) is 34.5. The average Bonchev–Trinajstić information content (AvgIpc) is 3.49. The number of rotatable bonds is 14. The van der Waals surface area contributed by atoms with E-state index in [1.54, 1.807) is 27.0 Å². The summed E-state index contributed by atoms with van der Waals surface area (Å²) in [5.41, 5.74) is 2.05. The highest BCUT2D eigenvalue weighted by molar-refractivity contribution is 7.98. The molecule has 0 saturated carbocycles. The van der Waals surface area contributed by atoms with Crippen molar-refractivity contribution in [3.05, 3.63) is 113 Å². The predicted molar refractivity (Wildman–Crippen MR) is 181 cm³/mol. The summed E-state index contributed by atoms with van der Waals surface area (Å²) in [5, 5.41) is 8.76. The monoisotopic (exact) mass is 672 g/mol. The van der Waals surface area contributed by atoms with Crippen molar-refractivity contribution >= 4 is 35.6 Å². The van der Waals surface area contributed by atoms with Crippen molar-refractivity contribution in [2.75, 3.05) is 7.11 Å². The average molecular weight is 673 g/mol. The van der Waals surface area contributed by atoms with E-state index in [0.29, 0.717) is 10.9 Å². The lowest BCUT2D eigenvalue weighted by atomic mass is 10.0. The number of nitrogens with one attached hydrogen (secondary N) is 4. The van der Waals surface area contributed by atoms with Gasteiger partial charge in [0.15, 0.2) is 10.9 Å². The van der Waals surface area contributed by atoms with E-state index in [-0.39, 0.29) is 30.8 Å². The Morgan fingerprint density at radius 2 is 1.44 bits per heavy atom. The van der Waals surface area contributed by atoms with Gasteiger partial charge in [-0.1, -0.05) is 78.5 Å². The van der Waals surface area contributed by atoms with Crippen molar-refractivity contribution in [3.8, 4) is 0 Å². The van der Waals surface area contributed by atoms with Crippen LogP contribution < -0.4 is 16.0 Å². The molecule has 0 aliphatic heterocycles. The van der Waals surface area contributed by atoms with Crippen LogP contribution >= 0.6 is 11.8 Å². The number of hydrogen-bond donors (Lipinski definition) is 4. The van der Waals surface area contributed by atoms with Crippen LogP contribution in [0.4, 0.5) is 4.79 Å². The third kappa shape index (κ3) is 11.3. The number of carbonyl (C=O) groups excluding carboxylic acids is 4. The molecule has 0 unspecified atom stereocenters. The number of benzene rings is 2. The standard InChI is InChI=1S/C35H40N6O6S/c1-35(2,3)47-34(45)40-27(20-24-15-9-6-10-16-24)31(43)38-26(19-23-13-7-5-8-14-23)30(42)37-21-28-29(32(44)46-4)41-33(39-28)48-22-25-17-11-12-18-36-25/h5-18,26-27H,19-22H2,1-4H3,(H,37,42)(H,38,43)(H,39,41)(H,40,45)/t26-,27-/m0/s1. The third-order valence-corrected chi connectivity index (χ3v) is 7.77. The van der Waals surface area contributed by atoms with Gasteiger partial charge in [0.25, 0.3) is 0 Å². The van der Waals surface area contributed by atoms with Crippen molar-refractivity contribution in [2.45, 2.75) is 68.8 Å². The lowest BCUT2D eigenvalue weighted by Gasteiger charge is -2.25. The first kappa shape index (κ1) is 35.7. The van der Waals surface area contributed by atoms with Gasteiger partial charge in [0.2, 0.25) is 11.8 Å². The number of hydrogen-bond acceptors (Lipinski definition) is 9. The van der Waals surface area contributed by atoms with Gasteiger partial charge in [0.1, 0.15) is 17.7 Å². The quantitative estimate of drug-likeness (QED) is 0.113. The molecular weight excluding hydrogens is 632 g/mol. The van der Waals surface area contributed by atoms with Crippen LogP contribution in [0.2, 0.25) is 0 Å². The SMILES string of the molecule is COC(=O)c1[nH]c(SCc2ccccn2)nc1CNC(=O)[C@H](Cc1ccccc1)NC(=O)[C@H](Cc1ccccc1)NC(=O)OC(C)(C)C. The molecule has 2 aromatic carbocycles. The van der Waals surface area contributed by atoms with E-state index in [4.69, 9.17) is 9.47 Å². The number of nitrogens with zero attached hydrogens (tertiary/aromatic N) is 2. The Balaban J connectivity index is 1.52. The maximum Gasteiger partial charge on any atom is 0.408 e. The highest BCUT2D eigenvalue weighted by Crippen LogP contribution is 2.21. The van der Waals surface area contributed by atoms with E-state index < -0.39 is 41.6 Å². The topological polar surface area (TPSA) is 164 Å². The van der Waals surface area contributed by atoms with Gasteiger partial charge in [-0.3, -0.25) is 14.6 Å². The Hall–Kier alpha value is -5.17. The summed E-state index contributed by atoms with van der Waals surface area (Å²) in [6.45, 7) is 5.07. The summed E-state index contributed by atoms with van der Waals surface area (Å²) in [7, 11) is 1.26. The minimum absolute atomic E-state index is 0.106. The van der Waals surface area contributed by atoms with Crippen LogP contribution in [-0.4, -0.2) is 63.6 Å². The van der Waals surface area contributed by atoms with Crippen LogP contribution in [0.5, 0.6) is 0 Å². The number of carbonyl (C=O) groups is 4. The van der Waals surface area contributed by atoms with E-state index >= 15 is 0 Å². The van der Waals surface area contributed by atoms with Crippen LogP contribution in [0.25, 0.3) is 0 Å². The van der Waals surface area contributed by atoms with Gasteiger partial charge in [0, 0.05) is 24.8 Å². The number of ether oxygens (including phenoxy) is 2. The van der Waals surface area contributed by atoms with Gasteiger partial charge in [-0.15, -0.1) is 0 Å². The Labute approximate surface area is 283 Å². The molecule has 4 aromatic rings. The maximum absolute atomic E-state index is 13.8. The first-order valence-corrected chi connectivity index (χ1v) is 16.3. The normalized spacial score (nSPS) is 12.3. The van der Waals surface area contributed by atoms with Crippen LogP contribution in [0.3, 0.4) is 0 Å². The molecule has 0 radical (unpaired) electrons. The number of esters is 1. The summed E-state index contributed by atoms with van der Waals surface area (Å²) >= 11 is 1.35. The maximum atomic E-state index is 13.8. The van der Waals surface area contributed by atoms with Crippen molar-refractivity contribution in [2.24, 2.45) is 0 Å². The second-order valence-corrected chi connectivity index (χ2v) is 12.8. The first-order valence-electron chi connectivity index (χ1n) is 15.4. The zero-order valence-electron chi connectivity index (χ0n) is 27.3. The third-order valence-electron chi connectivity index (χ3n) is 6.87. The zero-order valence-corrected chi connectivity index (χ0v) is 28.1. The van der Waals surface area contributed by atoms with Crippen molar-refractivity contribution in [1.82, 2.24) is 30.9 Å². The second kappa shape index (κ2) is 17.1. The van der Waals surface area contributed by atoms with E-state index in [0.717, 1.165) is 16.8 Å². The van der Waals surface area contributed by atoms with Crippen molar-refractivity contribution < 1.29 is 28.7 Å². The fourth-order valence-electron chi connectivity index (χ4n) is 4.61. The van der Waals surface area contributed by atoms with Crippen LogP contribution in [0.1, 0.15) is 53.8 Å². The Bertz CT molecular complexity index is 1660. The van der Waals surface area contributed by atoms with E-state index in [9.17, 15) is 19.2 Å². The van der Waals surface area contributed by atoms with Gasteiger partial charge in [-0.2, -0.15) is 0 Å². The lowest BCUT2D eigenvalue weighted by Crippen LogP contribution is -2.55. The number of H-pyrrole nitrogens is 1. The molecule has 2 heterocycles.